The molecule has 0 aliphatic carbocycles. The molecule has 1 aromatic heterocycles. The molecule has 0 N–H and O–H groups in total. The second-order valence-corrected chi connectivity index (χ2v) is 23.1. The molecule has 14 aromatic rings. The van der Waals surface area contributed by atoms with E-state index in [9.17, 15) is 0 Å². The first-order chi connectivity index (χ1) is 40.3. The topological polar surface area (TPSA) is 17.4 Å². The van der Waals surface area contributed by atoms with Gasteiger partial charge in [0.15, 0.2) is 0 Å². The second kappa shape index (κ2) is 18.7. The number of rotatable bonds is 7. The molecule has 0 unspecified atom stereocenters. The number of hydrogen-bond donors (Lipinski definition) is 0. The SMILES string of the molecule is CC(C)(C)c1cc(-c2ccccc2)c(N2c3cc(-c4c5ccccc5c(-c5ccccc5)c5ccccc45)ccc3B3c4ccc(-c5ccccc5)cc4Oc4cc(-n5c6ccccc6c6ccccc65)cc2c43)c(-c2ccccc2)c1. The Morgan fingerprint density at radius 1 is 0.341 bits per heavy atom. The first-order valence-electron chi connectivity index (χ1n) is 28.6. The van der Waals surface area contributed by atoms with Crippen LogP contribution in [0.5, 0.6) is 11.5 Å². The van der Waals surface area contributed by atoms with Crippen LogP contribution < -0.4 is 26.0 Å². The normalized spacial score (nSPS) is 12.6. The van der Waals surface area contributed by atoms with Crippen molar-refractivity contribution in [2.24, 2.45) is 0 Å². The summed E-state index contributed by atoms with van der Waals surface area (Å²) >= 11 is 0. The first-order valence-corrected chi connectivity index (χ1v) is 28.6. The zero-order chi connectivity index (χ0) is 54.6. The van der Waals surface area contributed by atoms with E-state index in [2.05, 4.69) is 309 Å². The molecule has 82 heavy (non-hydrogen) atoms. The summed E-state index contributed by atoms with van der Waals surface area (Å²) in [5, 5.41) is 7.31. The van der Waals surface area contributed by atoms with Crippen molar-refractivity contribution in [3.05, 3.63) is 285 Å². The number of benzene rings is 13. The van der Waals surface area contributed by atoms with Gasteiger partial charge in [0.2, 0.25) is 0 Å². The molecule has 3 heterocycles. The maximum absolute atomic E-state index is 7.54. The largest absolute Gasteiger partial charge is 0.458 e. The third-order valence-electron chi connectivity index (χ3n) is 17.4. The van der Waals surface area contributed by atoms with E-state index in [0.717, 1.165) is 95.2 Å². The first kappa shape index (κ1) is 47.8. The molecular formula is C78H55BN2O. The summed E-state index contributed by atoms with van der Waals surface area (Å²) in [6, 6.07) is 103. The van der Waals surface area contributed by atoms with E-state index in [0.29, 0.717) is 0 Å². The van der Waals surface area contributed by atoms with E-state index in [-0.39, 0.29) is 12.1 Å². The van der Waals surface area contributed by atoms with Crippen LogP contribution in [0.15, 0.2) is 279 Å². The molecule has 4 heteroatoms. The van der Waals surface area contributed by atoms with E-state index in [4.69, 9.17) is 4.74 Å². The van der Waals surface area contributed by atoms with Gasteiger partial charge in [-0.1, -0.05) is 251 Å². The summed E-state index contributed by atoms with van der Waals surface area (Å²) in [4.78, 5) is 2.64. The van der Waals surface area contributed by atoms with Crippen molar-refractivity contribution >= 4 is 83.5 Å². The van der Waals surface area contributed by atoms with Gasteiger partial charge in [-0.15, -0.1) is 0 Å². The highest BCUT2D eigenvalue weighted by Gasteiger charge is 2.44. The van der Waals surface area contributed by atoms with Gasteiger partial charge < -0.3 is 14.2 Å². The number of fused-ring (bicyclic) bond motifs is 9. The van der Waals surface area contributed by atoms with Gasteiger partial charge in [0.1, 0.15) is 11.5 Å². The fourth-order valence-electron chi connectivity index (χ4n) is 13.6. The molecular weight excluding hydrogens is 992 g/mol. The van der Waals surface area contributed by atoms with Crippen LogP contribution in [0.25, 0.3) is 105 Å². The van der Waals surface area contributed by atoms with Gasteiger partial charge in [-0.3, -0.25) is 0 Å². The minimum absolute atomic E-state index is 0.163. The quantitative estimate of drug-likeness (QED) is 0.117. The molecule has 0 atom stereocenters. The van der Waals surface area contributed by atoms with Crippen LogP contribution in [0.1, 0.15) is 26.3 Å². The molecule has 0 spiro atoms. The number of ether oxygens (including phenoxy) is 1. The van der Waals surface area contributed by atoms with Crippen molar-refractivity contribution in [3.8, 4) is 72.8 Å². The molecule has 0 saturated carbocycles. The van der Waals surface area contributed by atoms with E-state index in [1.54, 1.807) is 0 Å². The van der Waals surface area contributed by atoms with Gasteiger partial charge in [-0.2, -0.15) is 0 Å². The van der Waals surface area contributed by atoms with Gasteiger partial charge in [0, 0.05) is 39.3 Å². The van der Waals surface area contributed by atoms with Gasteiger partial charge >= 0.3 is 0 Å². The van der Waals surface area contributed by atoms with Crippen LogP contribution in [0, 0.1) is 0 Å². The van der Waals surface area contributed by atoms with Crippen LogP contribution in [0.2, 0.25) is 0 Å². The summed E-state index contributed by atoms with van der Waals surface area (Å²) in [5.41, 5.74) is 22.9. The summed E-state index contributed by atoms with van der Waals surface area (Å²) in [7, 11) is 0. The molecule has 0 radical (unpaired) electrons. The standard InChI is InChI=1S/C78H55BN2O/c1-78(2,3)56-46-64(51-26-10-5-11-27-51)77(65(47-56)52-28-12-6-13-29-52)81-70-44-55(75-62-36-18-16-34-60(62)74(53-30-14-7-15-31-53)61-35-17-19-37-63(61)75)41-42-66(70)79-67-43-40-54(50-24-8-4-9-25-50)45-72(67)82-73-49-57(48-71(81)76(73)79)80-68-38-22-20-32-58(68)59-33-21-23-39-69(59)80/h4-49H,1-3H3. The molecule has 13 aromatic carbocycles. The zero-order valence-electron chi connectivity index (χ0n) is 45.9. The third kappa shape index (κ3) is 7.52. The van der Waals surface area contributed by atoms with Crippen LogP contribution in [0.4, 0.5) is 17.1 Å². The average molecular weight is 1050 g/mol. The fourth-order valence-corrected chi connectivity index (χ4v) is 13.6. The second-order valence-electron chi connectivity index (χ2n) is 23.1. The van der Waals surface area contributed by atoms with Crippen LogP contribution >= 0.6 is 0 Å². The lowest BCUT2D eigenvalue weighted by Gasteiger charge is -2.42. The highest BCUT2D eigenvalue weighted by Crippen LogP contribution is 2.53. The predicted octanol–water partition coefficient (Wildman–Crippen LogP) is 19.1. The molecule has 0 amide bonds. The Morgan fingerprint density at radius 2 is 0.793 bits per heavy atom. The minimum Gasteiger partial charge on any atom is -0.458 e. The Bertz CT molecular complexity index is 4700. The van der Waals surface area contributed by atoms with Crippen molar-refractivity contribution in [1.29, 1.82) is 0 Å². The predicted molar refractivity (Wildman–Crippen MR) is 348 cm³/mol. The number of para-hydroxylation sites is 2. The highest BCUT2D eigenvalue weighted by atomic mass is 16.5. The number of anilines is 3. The molecule has 2 aliphatic heterocycles. The monoisotopic (exact) mass is 1050 g/mol. The van der Waals surface area contributed by atoms with Gasteiger partial charge in [0.25, 0.3) is 6.71 Å². The number of aromatic nitrogens is 1. The van der Waals surface area contributed by atoms with E-state index >= 15 is 0 Å². The lowest BCUT2D eigenvalue weighted by Crippen LogP contribution is -2.59. The van der Waals surface area contributed by atoms with E-state index in [1.807, 2.05) is 0 Å². The Balaban J connectivity index is 1.07. The van der Waals surface area contributed by atoms with Crippen LogP contribution in [-0.4, -0.2) is 11.3 Å². The lowest BCUT2D eigenvalue weighted by molar-refractivity contribution is 0.487. The Hall–Kier alpha value is -10.2. The van der Waals surface area contributed by atoms with Crippen molar-refractivity contribution in [2.45, 2.75) is 26.2 Å². The molecule has 386 valence electrons. The van der Waals surface area contributed by atoms with E-state index < -0.39 is 0 Å². The smallest absolute Gasteiger partial charge is 0.256 e. The Morgan fingerprint density at radius 3 is 1.33 bits per heavy atom. The van der Waals surface area contributed by atoms with Crippen molar-refractivity contribution in [2.75, 3.05) is 4.90 Å². The highest BCUT2D eigenvalue weighted by molar-refractivity contribution is 6.99. The van der Waals surface area contributed by atoms with Gasteiger partial charge in [0.05, 0.1) is 22.4 Å². The van der Waals surface area contributed by atoms with Crippen LogP contribution in [-0.2, 0) is 5.41 Å². The summed E-state index contributed by atoms with van der Waals surface area (Å²) in [6.45, 7) is 6.83. The summed E-state index contributed by atoms with van der Waals surface area (Å²) < 4.78 is 9.99. The Kier molecular flexibility index (Phi) is 10.9. The molecule has 0 bridgehead atoms. The third-order valence-corrected chi connectivity index (χ3v) is 17.4. The Labute approximate surface area is 478 Å². The lowest BCUT2D eigenvalue weighted by atomic mass is 9.34. The molecule has 0 fully saturated rings. The van der Waals surface area contributed by atoms with Crippen molar-refractivity contribution in [3.63, 3.8) is 0 Å². The van der Waals surface area contributed by atoms with Gasteiger partial charge in [-0.25, -0.2) is 0 Å². The van der Waals surface area contributed by atoms with Crippen LogP contribution in [0.3, 0.4) is 0 Å². The van der Waals surface area contributed by atoms with Crippen molar-refractivity contribution < 1.29 is 4.74 Å². The number of nitrogens with zero attached hydrogens (tertiary/aromatic N) is 2. The summed E-state index contributed by atoms with van der Waals surface area (Å²) in [6.07, 6.45) is 0. The minimum atomic E-state index is -0.172. The maximum Gasteiger partial charge on any atom is 0.256 e. The molecule has 0 saturated heterocycles. The molecule has 2 aliphatic rings. The average Bonchev–Trinajstić information content (AvgIpc) is 1.25. The molecule has 3 nitrogen and oxygen atoms in total. The number of hydrogen-bond acceptors (Lipinski definition) is 2. The summed E-state index contributed by atoms with van der Waals surface area (Å²) in [5.74, 6) is 1.71. The van der Waals surface area contributed by atoms with Gasteiger partial charge in [-0.05, 0) is 136 Å². The maximum atomic E-state index is 7.54. The van der Waals surface area contributed by atoms with E-state index in [1.165, 1.54) is 60.0 Å². The fraction of sp³-hybridized carbons (Fsp3) is 0.0513. The zero-order valence-corrected chi connectivity index (χ0v) is 45.9. The van der Waals surface area contributed by atoms with Crippen molar-refractivity contribution in [1.82, 2.24) is 4.57 Å². The molecule has 16 rings (SSSR count).